The Morgan fingerprint density at radius 3 is 2.18 bits per heavy atom. The third kappa shape index (κ3) is 4.39. The first-order valence-electron chi connectivity index (χ1n) is 8.81. The summed E-state index contributed by atoms with van der Waals surface area (Å²) < 4.78 is 56.4. The summed E-state index contributed by atoms with van der Waals surface area (Å²) in [6.45, 7) is 0.880. The Labute approximate surface area is 162 Å². The molecule has 148 valence electrons. The number of benzene rings is 2. The van der Waals surface area contributed by atoms with Crippen LogP contribution in [0.4, 0.5) is 13.2 Å². The van der Waals surface area contributed by atoms with Crippen LogP contribution in [0.5, 0.6) is 11.5 Å². The van der Waals surface area contributed by atoms with Crippen molar-refractivity contribution in [3.63, 3.8) is 0 Å². The highest BCUT2D eigenvalue weighted by Crippen LogP contribution is 2.47. The number of rotatable bonds is 7. The summed E-state index contributed by atoms with van der Waals surface area (Å²) in [6, 6.07) is 12.7. The lowest BCUT2D eigenvalue weighted by Gasteiger charge is -2.14. The zero-order valence-corrected chi connectivity index (χ0v) is 15.7. The maximum Gasteiger partial charge on any atom is 0.417 e. The molecule has 0 aliphatic heterocycles. The lowest BCUT2D eigenvalue weighted by atomic mass is 10.0. The lowest BCUT2D eigenvalue weighted by Crippen LogP contribution is -2.09. The van der Waals surface area contributed by atoms with Gasteiger partial charge in [-0.15, -0.1) is 0 Å². The highest BCUT2D eigenvalue weighted by molar-refractivity contribution is 5.98. The minimum absolute atomic E-state index is 0.0987. The van der Waals surface area contributed by atoms with Crippen LogP contribution in [-0.4, -0.2) is 27.0 Å². The van der Waals surface area contributed by atoms with Crippen LogP contribution in [0.3, 0.4) is 0 Å². The number of hydrogen-bond acceptors (Lipinski definition) is 3. The Morgan fingerprint density at radius 2 is 1.57 bits per heavy atom. The van der Waals surface area contributed by atoms with Gasteiger partial charge in [0.1, 0.15) is 0 Å². The van der Waals surface area contributed by atoms with Crippen LogP contribution >= 0.6 is 0 Å². The third-order valence-corrected chi connectivity index (χ3v) is 4.47. The number of methoxy groups -OCH3 is 2. The molecule has 0 unspecified atom stereocenters. The van der Waals surface area contributed by atoms with Crippen molar-refractivity contribution < 1.29 is 27.4 Å². The van der Waals surface area contributed by atoms with E-state index in [1.54, 1.807) is 12.1 Å². The second-order valence-electron chi connectivity index (χ2n) is 6.29. The van der Waals surface area contributed by atoms with Gasteiger partial charge in [0.25, 0.3) is 0 Å². The van der Waals surface area contributed by atoms with E-state index in [1.165, 1.54) is 26.4 Å². The molecule has 1 aliphatic rings. The molecule has 0 heterocycles. The van der Waals surface area contributed by atoms with E-state index < -0.39 is 11.7 Å². The van der Waals surface area contributed by atoms with E-state index in [2.05, 4.69) is 0 Å². The molecular formula is C22H21F3O3. The van der Waals surface area contributed by atoms with Crippen molar-refractivity contribution >= 4 is 11.1 Å². The third-order valence-electron chi connectivity index (χ3n) is 4.47. The standard InChI is InChI=1S/C22H21F3O3/c1-26-20-12-17-16(9-6-10-28-14-15-7-4-3-5-8-15)11-19(22(23,24)25)18(17)13-21(20)27-2/h3-5,7-9,11-13H,6,10,14H2,1-2H3/b16-9+. The highest BCUT2D eigenvalue weighted by atomic mass is 19.4. The minimum Gasteiger partial charge on any atom is -0.493 e. The van der Waals surface area contributed by atoms with Crippen molar-refractivity contribution in [3.8, 4) is 11.5 Å². The molecule has 0 N–H and O–H groups in total. The number of halogens is 3. The molecule has 0 saturated heterocycles. The fraction of sp³-hybridized carbons (Fsp3) is 0.273. The predicted molar refractivity (Wildman–Crippen MR) is 102 cm³/mol. The summed E-state index contributed by atoms with van der Waals surface area (Å²) in [5, 5.41) is 0. The first-order chi connectivity index (χ1) is 13.4. The van der Waals surface area contributed by atoms with E-state index in [1.807, 2.05) is 30.3 Å². The van der Waals surface area contributed by atoms with Gasteiger partial charge in [0.15, 0.2) is 11.5 Å². The van der Waals surface area contributed by atoms with Crippen LogP contribution < -0.4 is 9.47 Å². The smallest absolute Gasteiger partial charge is 0.417 e. The number of alkyl halides is 3. The molecule has 1 aliphatic carbocycles. The topological polar surface area (TPSA) is 27.7 Å². The summed E-state index contributed by atoms with van der Waals surface area (Å²) in [7, 11) is 2.86. The Morgan fingerprint density at radius 1 is 0.929 bits per heavy atom. The molecule has 0 bridgehead atoms. The average molecular weight is 390 g/mol. The van der Waals surface area contributed by atoms with Gasteiger partial charge in [-0.05, 0) is 46.9 Å². The van der Waals surface area contributed by atoms with E-state index in [0.717, 1.165) is 5.56 Å². The van der Waals surface area contributed by atoms with Gasteiger partial charge >= 0.3 is 6.18 Å². The number of ether oxygens (including phenoxy) is 3. The molecular weight excluding hydrogens is 369 g/mol. The quantitative estimate of drug-likeness (QED) is 0.572. The SMILES string of the molecule is COc1cc2c(cc1OC)/C(=C/CCOCc1ccccc1)C=C2C(F)(F)F. The molecule has 0 atom stereocenters. The van der Waals surface area contributed by atoms with Crippen LogP contribution in [0, 0.1) is 0 Å². The van der Waals surface area contributed by atoms with E-state index in [4.69, 9.17) is 14.2 Å². The molecule has 0 saturated carbocycles. The molecule has 2 aromatic rings. The Balaban J connectivity index is 1.77. The second-order valence-corrected chi connectivity index (χ2v) is 6.29. The normalized spacial score (nSPS) is 14.8. The van der Waals surface area contributed by atoms with Crippen LogP contribution in [0.15, 0.2) is 54.6 Å². The van der Waals surface area contributed by atoms with Gasteiger partial charge in [0.2, 0.25) is 0 Å². The van der Waals surface area contributed by atoms with Crippen molar-refractivity contribution in [2.24, 2.45) is 0 Å². The summed E-state index contributed by atoms with van der Waals surface area (Å²) in [6.07, 6.45) is -1.03. The van der Waals surface area contributed by atoms with E-state index in [9.17, 15) is 13.2 Å². The van der Waals surface area contributed by atoms with Crippen molar-refractivity contribution in [2.75, 3.05) is 20.8 Å². The molecule has 0 amide bonds. The first kappa shape index (κ1) is 20.0. The van der Waals surface area contributed by atoms with Crippen LogP contribution in [0.2, 0.25) is 0 Å². The zero-order valence-electron chi connectivity index (χ0n) is 15.7. The lowest BCUT2D eigenvalue weighted by molar-refractivity contribution is -0.0687. The van der Waals surface area contributed by atoms with Crippen molar-refractivity contribution in [1.29, 1.82) is 0 Å². The maximum atomic E-state index is 13.5. The van der Waals surface area contributed by atoms with Gasteiger partial charge in [-0.25, -0.2) is 0 Å². The molecule has 0 radical (unpaired) electrons. The first-order valence-corrected chi connectivity index (χ1v) is 8.81. The molecule has 28 heavy (non-hydrogen) atoms. The molecule has 0 fully saturated rings. The minimum atomic E-state index is -4.45. The van der Waals surface area contributed by atoms with Gasteiger partial charge in [-0.3, -0.25) is 0 Å². The summed E-state index contributed by atoms with van der Waals surface area (Å²) in [5.74, 6) is 0.660. The zero-order chi connectivity index (χ0) is 20.1. The molecule has 0 aromatic heterocycles. The largest absolute Gasteiger partial charge is 0.493 e. The van der Waals surface area contributed by atoms with E-state index >= 15 is 0 Å². The van der Waals surface area contributed by atoms with Crippen LogP contribution in [0.25, 0.3) is 11.1 Å². The van der Waals surface area contributed by atoms with Crippen LogP contribution in [-0.2, 0) is 11.3 Å². The second kappa shape index (κ2) is 8.52. The number of allylic oxidation sites excluding steroid dienone is 3. The fourth-order valence-corrected chi connectivity index (χ4v) is 3.12. The van der Waals surface area contributed by atoms with Gasteiger partial charge in [-0.2, -0.15) is 13.2 Å². The average Bonchev–Trinajstić information content (AvgIpc) is 3.05. The highest BCUT2D eigenvalue weighted by Gasteiger charge is 2.39. The van der Waals surface area contributed by atoms with Crippen LogP contribution in [0.1, 0.15) is 23.1 Å². The predicted octanol–water partition coefficient (Wildman–Crippen LogP) is 5.65. The van der Waals surface area contributed by atoms with Crippen molar-refractivity contribution in [3.05, 3.63) is 71.3 Å². The summed E-state index contributed by atoms with van der Waals surface area (Å²) >= 11 is 0. The maximum absolute atomic E-state index is 13.5. The number of fused-ring (bicyclic) bond motifs is 1. The number of hydrogen-bond donors (Lipinski definition) is 0. The summed E-state index contributed by atoms with van der Waals surface area (Å²) in [5.41, 5.74) is 1.46. The van der Waals surface area contributed by atoms with E-state index in [-0.39, 0.29) is 11.3 Å². The molecule has 0 spiro atoms. The van der Waals surface area contributed by atoms with Crippen molar-refractivity contribution in [2.45, 2.75) is 19.2 Å². The Hall–Kier alpha value is -2.73. The molecule has 3 nitrogen and oxygen atoms in total. The molecule has 6 heteroatoms. The molecule has 2 aromatic carbocycles. The summed E-state index contributed by atoms with van der Waals surface area (Å²) in [4.78, 5) is 0. The molecule has 3 rings (SSSR count). The van der Waals surface area contributed by atoms with Crippen molar-refractivity contribution in [1.82, 2.24) is 0 Å². The van der Waals surface area contributed by atoms with Gasteiger partial charge in [-0.1, -0.05) is 36.4 Å². The van der Waals surface area contributed by atoms with Gasteiger partial charge < -0.3 is 14.2 Å². The Bertz CT molecular complexity index is 884. The monoisotopic (exact) mass is 390 g/mol. The van der Waals surface area contributed by atoms with Gasteiger partial charge in [0.05, 0.1) is 33.0 Å². The fourth-order valence-electron chi connectivity index (χ4n) is 3.12. The van der Waals surface area contributed by atoms with Gasteiger partial charge in [0, 0.05) is 0 Å². The Kier molecular flexibility index (Phi) is 6.09. The van der Waals surface area contributed by atoms with E-state index in [0.29, 0.717) is 36.5 Å².